The number of hydrogen-bond acceptors (Lipinski definition) is 5. The van der Waals surface area contributed by atoms with Crippen LogP contribution in [-0.4, -0.2) is 47.4 Å². The highest BCUT2D eigenvalue weighted by Crippen LogP contribution is 2.31. The van der Waals surface area contributed by atoms with Gasteiger partial charge >= 0.3 is 0 Å². The Labute approximate surface area is 248 Å². The highest BCUT2D eigenvalue weighted by molar-refractivity contribution is 9.10. The number of likely N-dealkylation sites (tertiary alicyclic amines) is 1. The zero-order valence-corrected chi connectivity index (χ0v) is 24.5. The van der Waals surface area contributed by atoms with Gasteiger partial charge in [0.15, 0.2) is 17.7 Å². The molecule has 208 valence electrons. The number of piperidine rings is 1. The molecule has 3 aromatic rings. The van der Waals surface area contributed by atoms with Gasteiger partial charge in [-0.05, 0) is 86.1 Å². The van der Waals surface area contributed by atoms with Crippen LogP contribution in [0.2, 0.25) is 0 Å². The highest BCUT2D eigenvalue weighted by Gasteiger charge is 2.36. The van der Waals surface area contributed by atoms with Crippen LogP contribution in [0, 0.1) is 11.3 Å². The number of nitrogens with zero attached hydrogens (tertiary/aromatic N) is 1. The molecule has 3 aromatic carbocycles. The molecule has 1 unspecified atom stereocenters. The summed E-state index contributed by atoms with van der Waals surface area (Å²) in [5, 5.41) is 18.3. The van der Waals surface area contributed by atoms with Crippen molar-refractivity contribution < 1.29 is 14.3 Å². The summed E-state index contributed by atoms with van der Waals surface area (Å²) in [6.45, 7) is 3.49. The van der Waals surface area contributed by atoms with Gasteiger partial charge in [0.05, 0.1) is 0 Å². The Morgan fingerprint density at radius 2 is 1.55 bits per heavy atom. The van der Waals surface area contributed by atoms with Gasteiger partial charge in [-0.15, -0.1) is 0 Å². The fraction of sp³-hybridized carbons (Fsp3) is 0.300. The van der Waals surface area contributed by atoms with Gasteiger partial charge in [0.25, 0.3) is 5.91 Å². The second-order valence-electron chi connectivity index (χ2n) is 9.90. The normalized spacial score (nSPS) is 19.7. The molecule has 1 amide bonds. The van der Waals surface area contributed by atoms with Crippen LogP contribution in [0.1, 0.15) is 36.9 Å². The molecule has 4 N–H and O–H groups in total. The number of hydrogen-bond donors (Lipinski definition) is 4. The Hall–Kier alpha value is -3.31. The van der Waals surface area contributed by atoms with Crippen LogP contribution in [0.4, 0.5) is 11.4 Å². The van der Waals surface area contributed by atoms with Gasteiger partial charge in [0.2, 0.25) is 0 Å². The summed E-state index contributed by atoms with van der Waals surface area (Å²) in [5.74, 6) is 0.612. The first-order valence-corrected chi connectivity index (χ1v) is 14.5. The van der Waals surface area contributed by atoms with E-state index in [9.17, 15) is 4.79 Å². The SMILES string of the molecule is CC1OC(C2CCN(C(=N)c3ccc(NC(=O)C(NC(=S)Nc4ccc(Br)cc4)c4ccccc4)cc3)CC2)O1. The van der Waals surface area contributed by atoms with Gasteiger partial charge < -0.3 is 30.3 Å². The average molecular weight is 623 g/mol. The molecular weight excluding hydrogens is 590 g/mol. The molecule has 2 saturated heterocycles. The number of carbonyl (C=O) groups excluding carboxylic acids is 1. The van der Waals surface area contributed by atoms with Crippen LogP contribution in [0.3, 0.4) is 0 Å². The van der Waals surface area contributed by atoms with Crippen LogP contribution in [0.25, 0.3) is 0 Å². The Bertz CT molecular complexity index is 1330. The summed E-state index contributed by atoms with van der Waals surface area (Å²) in [4.78, 5) is 15.5. The molecule has 0 bridgehead atoms. The van der Waals surface area contributed by atoms with Crippen molar-refractivity contribution in [1.29, 1.82) is 5.41 Å². The summed E-state index contributed by atoms with van der Waals surface area (Å²) < 4.78 is 12.3. The lowest BCUT2D eigenvalue weighted by atomic mass is 9.95. The van der Waals surface area contributed by atoms with E-state index in [1.165, 1.54) is 0 Å². The zero-order valence-electron chi connectivity index (χ0n) is 22.1. The first-order valence-electron chi connectivity index (χ1n) is 13.3. The Kier molecular flexibility index (Phi) is 9.11. The molecule has 10 heteroatoms. The van der Waals surface area contributed by atoms with E-state index in [-0.39, 0.29) is 18.5 Å². The third-order valence-corrected chi connectivity index (χ3v) is 7.84. The van der Waals surface area contributed by atoms with E-state index < -0.39 is 6.04 Å². The van der Waals surface area contributed by atoms with Crippen molar-refractivity contribution in [3.8, 4) is 0 Å². The Morgan fingerprint density at radius 3 is 2.17 bits per heavy atom. The lowest BCUT2D eigenvalue weighted by molar-refractivity contribution is -0.394. The number of halogens is 1. The van der Waals surface area contributed by atoms with Crippen molar-refractivity contribution in [3.63, 3.8) is 0 Å². The Morgan fingerprint density at radius 1 is 0.950 bits per heavy atom. The van der Waals surface area contributed by atoms with Crippen LogP contribution in [-0.2, 0) is 14.3 Å². The van der Waals surface area contributed by atoms with Crippen LogP contribution in [0.15, 0.2) is 83.3 Å². The van der Waals surface area contributed by atoms with E-state index in [1.807, 2.05) is 85.8 Å². The molecule has 0 spiro atoms. The lowest BCUT2D eigenvalue weighted by Crippen LogP contribution is -2.48. The molecule has 0 radical (unpaired) electrons. The molecule has 2 aliphatic heterocycles. The van der Waals surface area contributed by atoms with Gasteiger partial charge in [0.1, 0.15) is 11.9 Å². The molecule has 0 aromatic heterocycles. The van der Waals surface area contributed by atoms with E-state index in [1.54, 1.807) is 0 Å². The number of anilines is 2. The minimum atomic E-state index is -0.706. The van der Waals surface area contributed by atoms with Crippen molar-refractivity contribution in [3.05, 3.63) is 94.5 Å². The summed E-state index contributed by atoms with van der Waals surface area (Å²) in [6, 6.07) is 23.8. The molecule has 0 saturated carbocycles. The first-order chi connectivity index (χ1) is 19.4. The smallest absolute Gasteiger partial charge is 0.251 e. The van der Waals surface area contributed by atoms with E-state index in [2.05, 4.69) is 36.8 Å². The number of nitrogens with one attached hydrogen (secondary N) is 4. The monoisotopic (exact) mass is 621 g/mol. The molecule has 1 atom stereocenters. The lowest BCUT2D eigenvalue weighted by Gasteiger charge is -2.43. The van der Waals surface area contributed by atoms with E-state index in [4.69, 9.17) is 27.1 Å². The topological polar surface area (TPSA) is 98.7 Å². The maximum Gasteiger partial charge on any atom is 0.251 e. The van der Waals surface area contributed by atoms with E-state index >= 15 is 0 Å². The minimum Gasteiger partial charge on any atom is -0.357 e. The number of thiocarbonyl (C=S) groups is 1. The quantitative estimate of drug-likeness (QED) is 0.149. The molecule has 2 heterocycles. The van der Waals surface area contributed by atoms with Gasteiger partial charge in [-0.2, -0.15) is 0 Å². The summed E-state index contributed by atoms with van der Waals surface area (Å²) in [5.41, 5.74) is 3.05. The van der Waals surface area contributed by atoms with Crippen molar-refractivity contribution in [1.82, 2.24) is 10.2 Å². The Balaban J connectivity index is 1.19. The predicted molar refractivity (Wildman–Crippen MR) is 164 cm³/mol. The zero-order chi connectivity index (χ0) is 28.1. The van der Waals surface area contributed by atoms with Crippen molar-refractivity contribution in [2.45, 2.75) is 38.4 Å². The van der Waals surface area contributed by atoms with E-state index in [0.29, 0.717) is 22.6 Å². The van der Waals surface area contributed by atoms with Gasteiger partial charge in [-0.25, -0.2) is 0 Å². The fourth-order valence-electron chi connectivity index (χ4n) is 4.89. The third kappa shape index (κ3) is 7.06. The molecule has 40 heavy (non-hydrogen) atoms. The number of rotatable bonds is 7. The summed E-state index contributed by atoms with van der Waals surface area (Å²) in [7, 11) is 0. The van der Waals surface area contributed by atoms with Crippen LogP contribution < -0.4 is 16.0 Å². The number of benzene rings is 3. The van der Waals surface area contributed by atoms with Crippen LogP contribution in [0.5, 0.6) is 0 Å². The number of amides is 1. The molecule has 2 fully saturated rings. The van der Waals surface area contributed by atoms with Crippen molar-refractivity contribution >= 4 is 56.4 Å². The third-order valence-electron chi connectivity index (χ3n) is 7.09. The van der Waals surface area contributed by atoms with Gasteiger partial charge in [0, 0.05) is 40.4 Å². The fourth-order valence-corrected chi connectivity index (χ4v) is 5.39. The largest absolute Gasteiger partial charge is 0.357 e. The first kappa shape index (κ1) is 28.2. The average Bonchev–Trinajstić information content (AvgIpc) is 2.96. The number of amidine groups is 1. The van der Waals surface area contributed by atoms with Crippen molar-refractivity contribution in [2.24, 2.45) is 5.92 Å². The van der Waals surface area contributed by atoms with Crippen molar-refractivity contribution in [2.75, 3.05) is 23.7 Å². The summed E-state index contributed by atoms with van der Waals surface area (Å²) in [6.07, 6.45) is 1.65. The number of carbonyl (C=O) groups is 1. The van der Waals surface area contributed by atoms with E-state index in [0.717, 1.165) is 47.2 Å². The highest BCUT2D eigenvalue weighted by atomic mass is 79.9. The van der Waals surface area contributed by atoms with Gasteiger partial charge in [-0.3, -0.25) is 10.2 Å². The van der Waals surface area contributed by atoms with Gasteiger partial charge in [-0.1, -0.05) is 46.3 Å². The summed E-state index contributed by atoms with van der Waals surface area (Å²) >= 11 is 8.94. The molecular formula is C30H32BrN5O3S. The second kappa shape index (κ2) is 12.9. The predicted octanol–water partition coefficient (Wildman–Crippen LogP) is 5.87. The standard InChI is InChI=1S/C30H32BrN5O3S/c1-19-38-29(39-19)22-15-17-36(18-16-22)27(32)21-7-11-24(12-8-21)33-28(37)26(20-5-3-2-4-6-20)35-30(40)34-25-13-9-23(31)10-14-25/h2-14,19,22,26,29,32H,15-18H2,1H3,(H,33,37)(H2,34,35,40). The maximum atomic E-state index is 13.4. The van der Waals surface area contributed by atoms with Crippen LogP contribution >= 0.6 is 28.1 Å². The molecule has 8 nitrogen and oxygen atoms in total. The minimum absolute atomic E-state index is 0.102. The molecule has 0 aliphatic carbocycles. The number of ether oxygens (including phenoxy) is 2. The molecule has 5 rings (SSSR count). The maximum absolute atomic E-state index is 13.4. The molecule has 2 aliphatic rings. The second-order valence-corrected chi connectivity index (χ2v) is 11.2.